The van der Waals surface area contributed by atoms with Gasteiger partial charge in [0.15, 0.2) is 0 Å². The van der Waals surface area contributed by atoms with Crippen LogP contribution in [0.2, 0.25) is 0 Å². The van der Waals surface area contributed by atoms with E-state index in [1.54, 1.807) is 7.11 Å². The summed E-state index contributed by atoms with van der Waals surface area (Å²) >= 11 is 0. The summed E-state index contributed by atoms with van der Waals surface area (Å²) in [4.78, 5) is 11.2. The van der Waals surface area contributed by atoms with Crippen molar-refractivity contribution in [3.05, 3.63) is 66.2 Å². The van der Waals surface area contributed by atoms with E-state index >= 15 is 0 Å². The summed E-state index contributed by atoms with van der Waals surface area (Å²) in [7, 11) is 1.71. The molecule has 4 rings (SSSR count). The van der Waals surface area contributed by atoms with Crippen LogP contribution in [0, 0.1) is 12.8 Å². The van der Waals surface area contributed by atoms with Crippen LogP contribution in [0.1, 0.15) is 11.3 Å². The number of pyridine rings is 1. The van der Waals surface area contributed by atoms with E-state index in [1.165, 1.54) is 11.3 Å². The van der Waals surface area contributed by atoms with Crippen LogP contribution in [0.4, 0.5) is 0 Å². The highest BCUT2D eigenvalue weighted by atomic mass is 16.5. The molecule has 0 aliphatic carbocycles. The molecule has 1 aliphatic heterocycles. The molecule has 0 unspecified atom stereocenters. The van der Waals surface area contributed by atoms with Crippen LogP contribution >= 0.6 is 0 Å². The molecule has 0 saturated carbocycles. The van der Waals surface area contributed by atoms with Crippen LogP contribution in [0.3, 0.4) is 0 Å². The summed E-state index contributed by atoms with van der Waals surface area (Å²) in [5.74, 6) is 2.63. The van der Waals surface area contributed by atoms with Gasteiger partial charge in [-0.3, -0.25) is 9.88 Å². The second kappa shape index (κ2) is 7.30. The highest BCUT2D eigenvalue weighted by molar-refractivity contribution is 5.55. The summed E-state index contributed by atoms with van der Waals surface area (Å²) in [5, 5.41) is 0. The van der Waals surface area contributed by atoms with Crippen molar-refractivity contribution in [2.24, 2.45) is 5.92 Å². The van der Waals surface area contributed by atoms with Crippen molar-refractivity contribution in [2.45, 2.75) is 20.0 Å². The number of hydrogen-bond acceptors (Lipinski definition) is 4. The molecule has 2 aromatic heterocycles. The van der Waals surface area contributed by atoms with Gasteiger partial charge in [-0.2, -0.15) is 0 Å². The van der Waals surface area contributed by atoms with E-state index in [0.717, 1.165) is 43.3 Å². The number of benzene rings is 1. The number of rotatable bonds is 6. The molecule has 0 N–H and O–H groups in total. The van der Waals surface area contributed by atoms with Crippen molar-refractivity contribution in [2.75, 3.05) is 20.2 Å². The van der Waals surface area contributed by atoms with Crippen molar-refractivity contribution in [1.29, 1.82) is 0 Å². The first-order valence-corrected chi connectivity index (χ1v) is 9.01. The van der Waals surface area contributed by atoms with Gasteiger partial charge in [0.25, 0.3) is 0 Å². The number of hydrogen-bond donors (Lipinski definition) is 0. The van der Waals surface area contributed by atoms with Crippen LogP contribution in [-0.4, -0.2) is 39.6 Å². The van der Waals surface area contributed by atoms with E-state index in [9.17, 15) is 0 Å². The zero-order valence-electron chi connectivity index (χ0n) is 15.3. The summed E-state index contributed by atoms with van der Waals surface area (Å²) < 4.78 is 7.65. The molecule has 1 fully saturated rings. The van der Waals surface area contributed by atoms with Crippen molar-refractivity contribution in [3.63, 3.8) is 0 Å². The molecule has 3 aromatic rings. The maximum atomic E-state index is 5.31. The average molecular weight is 348 g/mol. The Labute approximate surface area is 154 Å². The van der Waals surface area contributed by atoms with E-state index in [2.05, 4.69) is 44.6 Å². The predicted octanol–water partition coefficient (Wildman–Crippen LogP) is 3.39. The molecule has 0 radical (unpaired) electrons. The Bertz CT molecular complexity index is 869. The average Bonchev–Trinajstić information content (AvgIpc) is 3.01. The highest BCUT2D eigenvalue weighted by Gasteiger charge is 2.28. The summed E-state index contributed by atoms with van der Waals surface area (Å²) in [6.07, 6.45) is 5.61. The third-order valence-electron chi connectivity index (χ3n) is 5.01. The monoisotopic (exact) mass is 348 g/mol. The maximum absolute atomic E-state index is 5.31. The number of aryl methyl sites for hydroxylation is 1. The third-order valence-corrected chi connectivity index (χ3v) is 5.01. The Morgan fingerprint density at radius 2 is 1.96 bits per heavy atom. The summed E-state index contributed by atoms with van der Waals surface area (Å²) in [5.41, 5.74) is 3.64. The quantitative estimate of drug-likeness (QED) is 0.685. The molecule has 0 spiro atoms. The van der Waals surface area contributed by atoms with Gasteiger partial charge >= 0.3 is 0 Å². The number of methoxy groups -OCH3 is 1. The Kier molecular flexibility index (Phi) is 4.71. The fourth-order valence-corrected chi connectivity index (χ4v) is 3.63. The standard InChI is InChI=1S/C21H24N4O/c1-16-11-23-21(19-6-8-22-9-7-19)25(16)15-18-13-24(14-18)12-17-4-3-5-20(10-17)26-2/h3-11,18H,12-15H2,1-2H3. The van der Waals surface area contributed by atoms with Crippen LogP contribution in [0.25, 0.3) is 11.4 Å². The minimum absolute atomic E-state index is 0.661. The summed E-state index contributed by atoms with van der Waals surface area (Å²) in [6.45, 7) is 6.35. The van der Waals surface area contributed by atoms with Gasteiger partial charge in [0.2, 0.25) is 0 Å². The van der Waals surface area contributed by atoms with Gasteiger partial charge in [-0.1, -0.05) is 12.1 Å². The molecule has 26 heavy (non-hydrogen) atoms. The number of nitrogens with zero attached hydrogens (tertiary/aromatic N) is 4. The Morgan fingerprint density at radius 3 is 2.73 bits per heavy atom. The molecule has 1 aromatic carbocycles. The predicted molar refractivity (Wildman–Crippen MR) is 102 cm³/mol. The second-order valence-corrected chi connectivity index (χ2v) is 6.98. The van der Waals surface area contributed by atoms with Crippen LogP contribution in [-0.2, 0) is 13.1 Å². The van der Waals surface area contributed by atoms with E-state index in [-0.39, 0.29) is 0 Å². The highest BCUT2D eigenvalue weighted by Crippen LogP contribution is 2.25. The largest absolute Gasteiger partial charge is 0.497 e. The number of imidazole rings is 1. The fraction of sp³-hybridized carbons (Fsp3) is 0.333. The lowest BCUT2D eigenvalue weighted by atomic mass is 9.98. The normalized spacial score (nSPS) is 15.0. The van der Waals surface area contributed by atoms with Crippen LogP contribution in [0.15, 0.2) is 55.0 Å². The Hall–Kier alpha value is -2.66. The van der Waals surface area contributed by atoms with E-state index in [1.807, 2.05) is 36.8 Å². The molecule has 1 saturated heterocycles. The van der Waals surface area contributed by atoms with Gasteiger partial charge < -0.3 is 9.30 Å². The van der Waals surface area contributed by atoms with Gasteiger partial charge in [-0.25, -0.2) is 4.98 Å². The topological polar surface area (TPSA) is 43.2 Å². The lowest BCUT2D eigenvalue weighted by Crippen LogP contribution is -2.47. The third kappa shape index (κ3) is 3.48. The lowest BCUT2D eigenvalue weighted by Gasteiger charge is -2.40. The fourth-order valence-electron chi connectivity index (χ4n) is 3.63. The van der Waals surface area contributed by atoms with E-state index < -0.39 is 0 Å². The molecule has 5 heteroatoms. The molecular formula is C21H24N4O. The lowest BCUT2D eigenvalue weighted by molar-refractivity contribution is 0.0802. The van der Waals surface area contributed by atoms with Crippen molar-refractivity contribution in [1.82, 2.24) is 19.4 Å². The molecular weight excluding hydrogens is 324 g/mol. The van der Waals surface area contributed by atoms with Crippen LogP contribution < -0.4 is 4.74 Å². The first kappa shape index (κ1) is 16.8. The smallest absolute Gasteiger partial charge is 0.140 e. The SMILES string of the molecule is COc1cccc(CN2CC(Cn3c(C)cnc3-c3ccncc3)C2)c1. The molecule has 0 bridgehead atoms. The molecule has 5 nitrogen and oxygen atoms in total. The van der Waals surface area contributed by atoms with Crippen molar-refractivity contribution in [3.8, 4) is 17.1 Å². The van der Waals surface area contributed by atoms with Gasteiger partial charge in [0.1, 0.15) is 11.6 Å². The van der Waals surface area contributed by atoms with Crippen LogP contribution in [0.5, 0.6) is 5.75 Å². The van der Waals surface area contributed by atoms with Gasteiger partial charge in [-0.05, 0) is 36.8 Å². The van der Waals surface area contributed by atoms with E-state index in [0.29, 0.717) is 5.92 Å². The molecule has 134 valence electrons. The number of aromatic nitrogens is 3. The van der Waals surface area contributed by atoms with Gasteiger partial charge in [0.05, 0.1) is 7.11 Å². The first-order valence-electron chi connectivity index (χ1n) is 9.01. The van der Waals surface area contributed by atoms with Gasteiger partial charge in [0, 0.05) is 61.9 Å². The van der Waals surface area contributed by atoms with Crippen molar-refractivity contribution >= 4 is 0 Å². The zero-order valence-corrected chi connectivity index (χ0v) is 15.3. The first-order chi connectivity index (χ1) is 12.7. The number of likely N-dealkylation sites (tertiary alicyclic amines) is 1. The maximum Gasteiger partial charge on any atom is 0.140 e. The Morgan fingerprint density at radius 1 is 1.15 bits per heavy atom. The molecule has 1 aliphatic rings. The number of ether oxygens (including phenoxy) is 1. The molecule has 0 atom stereocenters. The second-order valence-electron chi connectivity index (χ2n) is 6.98. The molecule has 0 amide bonds. The van der Waals surface area contributed by atoms with E-state index in [4.69, 9.17) is 4.74 Å². The van der Waals surface area contributed by atoms with Gasteiger partial charge in [-0.15, -0.1) is 0 Å². The van der Waals surface area contributed by atoms with Crippen molar-refractivity contribution < 1.29 is 4.74 Å². The Balaban J connectivity index is 1.38. The minimum atomic E-state index is 0.661. The molecule has 3 heterocycles. The zero-order chi connectivity index (χ0) is 17.9. The minimum Gasteiger partial charge on any atom is -0.497 e. The summed E-state index contributed by atoms with van der Waals surface area (Å²) in [6, 6.07) is 12.4.